The number of hydrogen-bond acceptors (Lipinski definition) is 2. The molecule has 0 aromatic heterocycles. The molecule has 0 aliphatic carbocycles. The average Bonchev–Trinajstić information content (AvgIpc) is 2.10. The van der Waals surface area contributed by atoms with Crippen molar-refractivity contribution < 1.29 is 0 Å². The first kappa shape index (κ1) is 10.9. The molecule has 14 heavy (non-hydrogen) atoms. The highest BCUT2D eigenvalue weighted by molar-refractivity contribution is 5.58. The van der Waals surface area contributed by atoms with Crippen molar-refractivity contribution in [2.24, 2.45) is 0 Å². The molecule has 0 saturated heterocycles. The molecule has 78 valence electrons. The minimum absolute atomic E-state index is 0.140. The summed E-state index contributed by atoms with van der Waals surface area (Å²) in [6.07, 6.45) is 1.09. The van der Waals surface area contributed by atoms with E-state index in [9.17, 15) is 0 Å². The molecule has 0 saturated carbocycles. The molecular weight excluding hydrogens is 172 g/mol. The van der Waals surface area contributed by atoms with Gasteiger partial charge in [-0.3, -0.25) is 0 Å². The standard InChI is InChI=1S/C12H20N2/c1-5-12(3,4)14-11-7-6-10(13)8-9(11)2/h6-8,14H,5,13H2,1-4H3. The second kappa shape index (κ2) is 3.91. The molecule has 0 radical (unpaired) electrons. The molecule has 0 atom stereocenters. The molecule has 0 spiro atoms. The summed E-state index contributed by atoms with van der Waals surface area (Å²) in [4.78, 5) is 0. The van der Waals surface area contributed by atoms with Crippen LogP contribution in [-0.4, -0.2) is 5.54 Å². The van der Waals surface area contributed by atoms with Gasteiger partial charge in [0.05, 0.1) is 0 Å². The molecule has 2 heteroatoms. The predicted molar refractivity (Wildman–Crippen MR) is 63.6 cm³/mol. The molecule has 0 aliphatic heterocycles. The van der Waals surface area contributed by atoms with Gasteiger partial charge in [-0.1, -0.05) is 6.92 Å². The fraction of sp³-hybridized carbons (Fsp3) is 0.500. The Morgan fingerprint density at radius 3 is 2.50 bits per heavy atom. The van der Waals surface area contributed by atoms with Crippen LogP contribution in [0.4, 0.5) is 11.4 Å². The van der Waals surface area contributed by atoms with Gasteiger partial charge in [0.1, 0.15) is 0 Å². The summed E-state index contributed by atoms with van der Waals surface area (Å²) >= 11 is 0. The van der Waals surface area contributed by atoms with Crippen molar-refractivity contribution in [1.29, 1.82) is 0 Å². The molecule has 0 heterocycles. The van der Waals surface area contributed by atoms with Gasteiger partial charge >= 0.3 is 0 Å². The number of aryl methyl sites for hydroxylation is 1. The lowest BCUT2D eigenvalue weighted by atomic mass is 10.0. The minimum atomic E-state index is 0.140. The number of nitrogens with one attached hydrogen (secondary N) is 1. The predicted octanol–water partition coefficient (Wildman–Crippen LogP) is 3.18. The van der Waals surface area contributed by atoms with E-state index in [0.29, 0.717) is 0 Å². The van der Waals surface area contributed by atoms with E-state index in [1.165, 1.54) is 11.3 Å². The van der Waals surface area contributed by atoms with Crippen LogP contribution in [0.3, 0.4) is 0 Å². The van der Waals surface area contributed by atoms with E-state index in [2.05, 4.69) is 33.0 Å². The maximum Gasteiger partial charge on any atom is 0.0375 e. The summed E-state index contributed by atoms with van der Waals surface area (Å²) in [5, 5.41) is 3.51. The third kappa shape index (κ3) is 2.66. The molecule has 1 aromatic rings. The van der Waals surface area contributed by atoms with Crippen molar-refractivity contribution in [2.45, 2.75) is 39.7 Å². The van der Waals surface area contributed by atoms with Gasteiger partial charge in [-0.15, -0.1) is 0 Å². The Kier molecular flexibility index (Phi) is 3.04. The van der Waals surface area contributed by atoms with Crippen LogP contribution >= 0.6 is 0 Å². The van der Waals surface area contributed by atoms with Crippen molar-refractivity contribution in [1.82, 2.24) is 0 Å². The van der Waals surface area contributed by atoms with Crippen molar-refractivity contribution in [2.75, 3.05) is 11.1 Å². The minimum Gasteiger partial charge on any atom is -0.399 e. The molecular formula is C12H20N2. The van der Waals surface area contributed by atoms with Crippen molar-refractivity contribution in [3.63, 3.8) is 0 Å². The lowest BCUT2D eigenvalue weighted by Gasteiger charge is -2.27. The van der Waals surface area contributed by atoms with Gasteiger partial charge < -0.3 is 11.1 Å². The van der Waals surface area contributed by atoms with Crippen molar-refractivity contribution in [3.8, 4) is 0 Å². The second-order valence-electron chi connectivity index (χ2n) is 4.44. The van der Waals surface area contributed by atoms with Gasteiger partial charge in [-0.25, -0.2) is 0 Å². The van der Waals surface area contributed by atoms with Crippen LogP contribution < -0.4 is 11.1 Å². The highest BCUT2D eigenvalue weighted by Crippen LogP contribution is 2.22. The first-order valence-corrected chi connectivity index (χ1v) is 5.09. The maximum atomic E-state index is 5.70. The summed E-state index contributed by atoms with van der Waals surface area (Å²) < 4.78 is 0. The van der Waals surface area contributed by atoms with E-state index in [0.717, 1.165) is 12.1 Å². The largest absolute Gasteiger partial charge is 0.399 e. The highest BCUT2D eigenvalue weighted by atomic mass is 15.0. The average molecular weight is 192 g/mol. The number of anilines is 2. The summed E-state index contributed by atoms with van der Waals surface area (Å²) in [6, 6.07) is 5.97. The molecule has 1 rings (SSSR count). The van der Waals surface area contributed by atoms with E-state index in [1.54, 1.807) is 0 Å². The van der Waals surface area contributed by atoms with E-state index < -0.39 is 0 Å². The summed E-state index contributed by atoms with van der Waals surface area (Å²) in [5.74, 6) is 0. The normalized spacial score (nSPS) is 11.4. The van der Waals surface area contributed by atoms with E-state index in [4.69, 9.17) is 5.73 Å². The molecule has 0 fully saturated rings. The van der Waals surface area contributed by atoms with Crippen LogP contribution in [0.25, 0.3) is 0 Å². The monoisotopic (exact) mass is 192 g/mol. The third-order valence-corrected chi connectivity index (χ3v) is 2.61. The van der Waals surface area contributed by atoms with Crippen LogP contribution in [0.1, 0.15) is 32.8 Å². The Balaban J connectivity index is 2.87. The van der Waals surface area contributed by atoms with Gasteiger partial charge in [0.25, 0.3) is 0 Å². The zero-order valence-electron chi connectivity index (χ0n) is 9.52. The van der Waals surface area contributed by atoms with Gasteiger partial charge in [0.2, 0.25) is 0 Å². The van der Waals surface area contributed by atoms with Crippen molar-refractivity contribution in [3.05, 3.63) is 23.8 Å². The van der Waals surface area contributed by atoms with Crippen LogP contribution in [0.2, 0.25) is 0 Å². The zero-order valence-corrected chi connectivity index (χ0v) is 9.52. The van der Waals surface area contributed by atoms with Gasteiger partial charge in [0, 0.05) is 16.9 Å². The summed E-state index contributed by atoms with van der Waals surface area (Å²) in [7, 11) is 0. The number of nitrogen functional groups attached to an aromatic ring is 1. The molecule has 3 N–H and O–H groups in total. The first-order chi connectivity index (χ1) is 6.44. The molecule has 1 aromatic carbocycles. The number of benzene rings is 1. The molecule has 0 bridgehead atoms. The quantitative estimate of drug-likeness (QED) is 0.722. The second-order valence-corrected chi connectivity index (χ2v) is 4.44. The van der Waals surface area contributed by atoms with Gasteiger partial charge in [-0.05, 0) is 51.0 Å². The third-order valence-electron chi connectivity index (χ3n) is 2.61. The fourth-order valence-corrected chi connectivity index (χ4v) is 1.28. The smallest absolute Gasteiger partial charge is 0.0375 e. The van der Waals surface area contributed by atoms with E-state index >= 15 is 0 Å². The SMILES string of the molecule is CCC(C)(C)Nc1ccc(N)cc1C. The topological polar surface area (TPSA) is 38.0 Å². The first-order valence-electron chi connectivity index (χ1n) is 5.09. The molecule has 0 unspecified atom stereocenters. The Morgan fingerprint density at radius 1 is 1.36 bits per heavy atom. The number of nitrogens with two attached hydrogens (primary N) is 1. The van der Waals surface area contributed by atoms with E-state index in [1.807, 2.05) is 18.2 Å². The number of rotatable bonds is 3. The van der Waals surface area contributed by atoms with Gasteiger partial charge in [0.15, 0.2) is 0 Å². The number of hydrogen-bond donors (Lipinski definition) is 2. The zero-order chi connectivity index (χ0) is 10.8. The Bertz CT molecular complexity index is 316. The Morgan fingerprint density at radius 2 is 2.00 bits per heavy atom. The fourth-order valence-electron chi connectivity index (χ4n) is 1.28. The summed E-state index contributed by atoms with van der Waals surface area (Å²) in [5.41, 5.74) is 9.03. The summed E-state index contributed by atoms with van der Waals surface area (Å²) in [6.45, 7) is 8.65. The van der Waals surface area contributed by atoms with Gasteiger partial charge in [-0.2, -0.15) is 0 Å². The highest BCUT2D eigenvalue weighted by Gasteiger charge is 2.14. The van der Waals surface area contributed by atoms with Crippen LogP contribution in [0.5, 0.6) is 0 Å². The van der Waals surface area contributed by atoms with Crippen molar-refractivity contribution >= 4 is 11.4 Å². The Labute approximate surface area is 86.5 Å². The van der Waals surface area contributed by atoms with Crippen LogP contribution in [0.15, 0.2) is 18.2 Å². The maximum absolute atomic E-state index is 5.70. The lowest BCUT2D eigenvalue weighted by Crippen LogP contribution is -2.29. The van der Waals surface area contributed by atoms with Crippen LogP contribution in [-0.2, 0) is 0 Å². The lowest BCUT2D eigenvalue weighted by molar-refractivity contribution is 0.547. The Hall–Kier alpha value is -1.18. The molecule has 0 amide bonds. The molecule has 2 nitrogen and oxygen atoms in total. The van der Waals surface area contributed by atoms with Crippen LogP contribution in [0, 0.1) is 6.92 Å². The van der Waals surface area contributed by atoms with E-state index in [-0.39, 0.29) is 5.54 Å². The molecule has 0 aliphatic rings.